The minimum absolute atomic E-state index is 0.0814. The zero-order valence-electron chi connectivity index (χ0n) is 10.6. The van der Waals surface area contributed by atoms with Gasteiger partial charge in [0, 0.05) is 5.02 Å². The molecule has 0 bridgehead atoms. The highest BCUT2D eigenvalue weighted by atomic mass is 35.5. The number of nitrogens with zero attached hydrogens (tertiary/aromatic N) is 1. The van der Waals surface area contributed by atoms with Gasteiger partial charge in [-0.05, 0) is 29.8 Å². The van der Waals surface area contributed by atoms with E-state index in [0.717, 1.165) is 5.56 Å². The summed E-state index contributed by atoms with van der Waals surface area (Å²) in [4.78, 5) is 11.5. The van der Waals surface area contributed by atoms with Crippen molar-refractivity contribution in [3.8, 4) is 5.75 Å². The van der Waals surface area contributed by atoms with Gasteiger partial charge in [-0.3, -0.25) is 4.79 Å². The Kier molecular flexibility index (Phi) is 5.15. The molecule has 0 aliphatic rings. The molecule has 5 heteroatoms. The quantitative estimate of drug-likeness (QED) is 0.679. The molecule has 1 amide bonds. The topological polar surface area (TPSA) is 50.7 Å². The van der Waals surface area contributed by atoms with Crippen molar-refractivity contribution in [3.05, 3.63) is 65.2 Å². The number of benzene rings is 2. The molecule has 4 nitrogen and oxygen atoms in total. The number of ether oxygens (including phenoxy) is 1. The van der Waals surface area contributed by atoms with Crippen LogP contribution in [0.2, 0.25) is 5.02 Å². The van der Waals surface area contributed by atoms with E-state index in [-0.39, 0.29) is 12.5 Å². The smallest absolute Gasteiger partial charge is 0.277 e. The first-order valence-electron chi connectivity index (χ1n) is 5.99. The first-order valence-corrected chi connectivity index (χ1v) is 6.37. The molecule has 1 N–H and O–H groups in total. The number of halogens is 1. The van der Waals surface area contributed by atoms with Crippen molar-refractivity contribution in [2.75, 3.05) is 6.61 Å². The molecule has 0 radical (unpaired) electrons. The SMILES string of the molecule is O=C(COc1ccccc1)NN=Cc1ccc(Cl)cc1. The molecule has 0 saturated heterocycles. The number of para-hydroxylation sites is 1. The van der Waals surface area contributed by atoms with Crippen LogP contribution in [-0.2, 0) is 4.79 Å². The van der Waals surface area contributed by atoms with E-state index >= 15 is 0 Å². The van der Waals surface area contributed by atoms with Gasteiger partial charge in [-0.15, -0.1) is 0 Å². The summed E-state index contributed by atoms with van der Waals surface area (Å²) in [6, 6.07) is 16.2. The van der Waals surface area contributed by atoms with Crippen LogP contribution in [0, 0.1) is 0 Å². The van der Waals surface area contributed by atoms with Gasteiger partial charge in [0.25, 0.3) is 5.91 Å². The average Bonchev–Trinajstić information content (AvgIpc) is 2.48. The lowest BCUT2D eigenvalue weighted by atomic mass is 10.2. The second-order valence-corrected chi connectivity index (χ2v) is 4.38. The molecule has 0 unspecified atom stereocenters. The molecule has 2 aromatic rings. The van der Waals surface area contributed by atoms with Crippen molar-refractivity contribution < 1.29 is 9.53 Å². The Bertz CT molecular complexity index is 583. The Labute approximate surface area is 122 Å². The summed E-state index contributed by atoms with van der Waals surface area (Å²) in [7, 11) is 0. The zero-order chi connectivity index (χ0) is 14.2. The van der Waals surface area contributed by atoms with Crippen molar-refractivity contribution in [2.24, 2.45) is 5.10 Å². The normalized spacial score (nSPS) is 10.4. The molecule has 0 saturated carbocycles. The third-order valence-corrected chi connectivity index (χ3v) is 2.64. The molecule has 0 aromatic heterocycles. The van der Waals surface area contributed by atoms with Crippen molar-refractivity contribution in [3.63, 3.8) is 0 Å². The number of hydrogen-bond donors (Lipinski definition) is 1. The van der Waals surface area contributed by atoms with Crippen molar-refractivity contribution in [2.45, 2.75) is 0 Å². The van der Waals surface area contributed by atoms with Gasteiger partial charge in [0.15, 0.2) is 6.61 Å². The summed E-state index contributed by atoms with van der Waals surface area (Å²) in [5.74, 6) is 0.323. The van der Waals surface area contributed by atoms with Crippen LogP contribution in [0.5, 0.6) is 5.75 Å². The number of hydrogen-bond acceptors (Lipinski definition) is 3. The fraction of sp³-hybridized carbons (Fsp3) is 0.0667. The Hall–Kier alpha value is -2.33. The van der Waals surface area contributed by atoms with E-state index in [1.165, 1.54) is 6.21 Å². The van der Waals surface area contributed by atoms with E-state index in [0.29, 0.717) is 10.8 Å². The fourth-order valence-corrected chi connectivity index (χ4v) is 1.55. The number of rotatable bonds is 5. The Morgan fingerprint density at radius 1 is 1.15 bits per heavy atom. The van der Waals surface area contributed by atoms with E-state index in [1.54, 1.807) is 36.4 Å². The standard InChI is InChI=1S/C15H13ClN2O2/c16-13-8-6-12(7-9-13)10-17-18-15(19)11-20-14-4-2-1-3-5-14/h1-10H,11H2,(H,18,19). The van der Waals surface area contributed by atoms with E-state index in [9.17, 15) is 4.79 Å². The van der Waals surface area contributed by atoms with Crippen LogP contribution in [0.3, 0.4) is 0 Å². The predicted octanol–water partition coefficient (Wildman–Crippen LogP) is 2.87. The van der Waals surface area contributed by atoms with Gasteiger partial charge in [0.1, 0.15) is 5.75 Å². The van der Waals surface area contributed by atoms with Gasteiger partial charge >= 0.3 is 0 Å². The minimum atomic E-state index is -0.320. The highest BCUT2D eigenvalue weighted by molar-refractivity contribution is 6.30. The molecular weight excluding hydrogens is 276 g/mol. The van der Waals surface area contributed by atoms with Crippen LogP contribution < -0.4 is 10.2 Å². The first-order chi connectivity index (χ1) is 9.74. The molecular formula is C15H13ClN2O2. The average molecular weight is 289 g/mol. The van der Waals surface area contributed by atoms with Crippen LogP contribution in [0.25, 0.3) is 0 Å². The Morgan fingerprint density at radius 2 is 1.85 bits per heavy atom. The minimum Gasteiger partial charge on any atom is -0.484 e. The van der Waals surface area contributed by atoms with Crippen LogP contribution in [0.1, 0.15) is 5.56 Å². The molecule has 20 heavy (non-hydrogen) atoms. The molecule has 0 spiro atoms. The molecule has 0 heterocycles. The van der Waals surface area contributed by atoms with Crippen molar-refractivity contribution in [1.29, 1.82) is 0 Å². The van der Waals surface area contributed by atoms with Gasteiger partial charge < -0.3 is 4.74 Å². The number of hydrazone groups is 1. The summed E-state index contributed by atoms with van der Waals surface area (Å²) in [6.45, 7) is -0.0814. The summed E-state index contributed by atoms with van der Waals surface area (Å²) >= 11 is 5.76. The molecule has 0 aliphatic heterocycles. The highest BCUT2D eigenvalue weighted by Gasteiger charge is 2.00. The third-order valence-electron chi connectivity index (χ3n) is 2.39. The fourth-order valence-electron chi connectivity index (χ4n) is 1.43. The van der Waals surface area contributed by atoms with E-state index in [4.69, 9.17) is 16.3 Å². The van der Waals surface area contributed by atoms with Gasteiger partial charge in [0.2, 0.25) is 0 Å². The maximum Gasteiger partial charge on any atom is 0.277 e. The maximum absolute atomic E-state index is 11.5. The summed E-state index contributed by atoms with van der Waals surface area (Å²) in [5, 5.41) is 4.49. The second-order valence-electron chi connectivity index (χ2n) is 3.95. The Morgan fingerprint density at radius 3 is 2.55 bits per heavy atom. The predicted molar refractivity (Wildman–Crippen MR) is 79.1 cm³/mol. The van der Waals surface area contributed by atoms with Crippen LogP contribution in [0.15, 0.2) is 59.7 Å². The molecule has 2 rings (SSSR count). The van der Waals surface area contributed by atoms with Crippen molar-refractivity contribution >= 4 is 23.7 Å². The lowest BCUT2D eigenvalue weighted by Gasteiger charge is -2.04. The summed E-state index contributed by atoms with van der Waals surface area (Å²) in [5.41, 5.74) is 3.23. The summed E-state index contributed by atoms with van der Waals surface area (Å²) in [6.07, 6.45) is 1.54. The molecule has 0 atom stereocenters. The number of amides is 1. The monoisotopic (exact) mass is 288 g/mol. The molecule has 102 valence electrons. The molecule has 0 fully saturated rings. The van der Waals surface area contributed by atoms with Gasteiger partial charge in [0.05, 0.1) is 6.21 Å². The van der Waals surface area contributed by atoms with Gasteiger partial charge in [-0.1, -0.05) is 41.9 Å². The zero-order valence-corrected chi connectivity index (χ0v) is 11.4. The van der Waals surface area contributed by atoms with E-state index in [2.05, 4.69) is 10.5 Å². The number of nitrogens with one attached hydrogen (secondary N) is 1. The number of carbonyl (C=O) groups excluding carboxylic acids is 1. The maximum atomic E-state index is 11.5. The van der Waals surface area contributed by atoms with E-state index in [1.807, 2.05) is 18.2 Å². The van der Waals surface area contributed by atoms with Crippen molar-refractivity contribution in [1.82, 2.24) is 5.43 Å². The van der Waals surface area contributed by atoms with Crippen LogP contribution in [-0.4, -0.2) is 18.7 Å². The van der Waals surface area contributed by atoms with Crippen LogP contribution in [0.4, 0.5) is 0 Å². The lowest BCUT2D eigenvalue weighted by molar-refractivity contribution is -0.123. The number of carbonyl (C=O) groups is 1. The molecule has 2 aromatic carbocycles. The third kappa shape index (κ3) is 4.74. The van der Waals surface area contributed by atoms with E-state index < -0.39 is 0 Å². The summed E-state index contributed by atoms with van der Waals surface area (Å²) < 4.78 is 5.28. The van der Waals surface area contributed by atoms with Gasteiger partial charge in [-0.25, -0.2) is 5.43 Å². The van der Waals surface area contributed by atoms with Gasteiger partial charge in [-0.2, -0.15) is 5.10 Å². The first kappa shape index (κ1) is 14.1. The van der Waals surface area contributed by atoms with Crippen LogP contribution >= 0.6 is 11.6 Å². The largest absolute Gasteiger partial charge is 0.484 e. The lowest BCUT2D eigenvalue weighted by Crippen LogP contribution is -2.24. The second kappa shape index (κ2) is 7.31. The Balaban J connectivity index is 1.76. The highest BCUT2D eigenvalue weighted by Crippen LogP contribution is 2.08. The molecule has 0 aliphatic carbocycles.